The van der Waals surface area contributed by atoms with E-state index in [0.717, 1.165) is 5.52 Å². The number of anilines is 1. The molecule has 1 N–H and O–H groups in total. The van der Waals surface area contributed by atoms with Crippen LogP contribution >= 0.6 is 0 Å². The van der Waals surface area contributed by atoms with Crippen molar-refractivity contribution in [3.05, 3.63) is 60.0 Å². The molecule has 2 aromatic carbocycles. The maximum atomic E-state index is 12.1. The Labute approximate surface area is 155 Å². The van der Waals surface area contributed by atoms with Gasteiger partial charge in [-0.25, -0.2) is 4.98 Å². The number of amides is 1. The van der Waals surface area contributed by atoms with E-state index in [1.54, 1.807) is 30.3 Å². The third-order valence-electron chi connectivity index (χ3n) is 3.82. The lowest BCUT2D eigenvalue weighted by molar-refractivity contribution is -0.153. The number of nitriles is 1. The second kappa shape index (κ2) is 8.15. The molecular weight excluding hydrogens is 346 g/mol. The molecule has 7 heteroatoms. The van der Waals surface area contributed by atoms with E-state index in [1.807, 2.05) is 24.3 Å². The SMILES string of the molecule is C[C@@H](OC(=O)CCc1nc2ccccc2o1)C(=O)Nc1cccc(C#N)c1. The first-order valence-corrected chi connectivity index (χ1v) is 8.40. The third kappa shape index (κ3) is 4.70. The van der Waals surface area contributed by atoms with Crippen molar-refractivity contribution >= 4 is 28.7 Å². The van der Waals surface area contributed by atoms with Crippen LogP contribution in [0, 0.1) is 11.3 Å². The van der Waals surface area contributed by atoms with Crippen molar-refractivity contribution < 1.29 is 18.7 Å². The predicted octanol–water partition coefficient (Wildman–Crippen LogP) is 3.20. The highest BCUT2D eigenvalue weighted by atomic mass is 16.5. The second-order valence-electron chi connectivity index (χ2n) is 5.89. The van der Waals surface area contributed by atoms with Crippen LogP contribution in [0.15, 0.2) is 52.9 Å². The Morgan fingerprint density at radius 1 is 1.26 bits per heavy atom. The zero-order valence-corrected chi connectivity index (χ0v) is 14.6. The maximum Gasteiger partial charge on any atom is 0.307 e. The molecule has 0 fully saturated rings. The number of aromatic nitrogens is 1. The van der Waals surface area contributed by atoms with Crippen LogP contribution in [0.2, 0.25) is 0 Å². The van der Waals surface area contributed by atoms with Gasteiger partial charge in [0.1, 0.15) is 5.52 Å². The number of nitrogens with zero attached hydrogens (tertiary/aromatic N) is 2. The van der Waals surface area contributed by atoms with Gasteiger partial charge in [-0.3, -0.25) is 9.59 Å². The van der Waals surface area contributed by atoms with Crippen LogP contribution in [0.5, 0.6) is 0 Å². The van der Waals surface area contributed by atoms with Gasteiger partial charge in [0.05, 0.1) is 18.1 Å². The van der Waals surface area contributed by atoms with Crippen LogP contribution in [-0.4, -0.2) is 23.0 Å². The van der Waals surface area contributed by atoms with Gasteiger partial charge in [-0.05, 0) is 37.3 Å². The number of carbonyl (C=O) groups is 2. The summed E-state index contributed by atoms with van der Waals surface area (Å²) in [7, 11) is 0. The first-order valence-electron chi connectivity index (χ1n) is 8.40. The number of fused-ring (bicyclic) bond motifs is 1. The summed E-state index contributed by atoms with van der Waals surface area (Å²) in [4.78, 5) is 28.4. The molecule has 3 aromatic rings. The quantitative estimate of drug-likeness (QED) is 0.674. The maximum absolute atomic E-state index is 12.1. The molecule has 1 heterocycles. The largest absolute Gasteiger partial charge is 0.453 e. The van der Waals surface area contributed by atoms with E-state index in [2.05, 4.69) is 10.3 Å². The fourth-order valence-electron chi connectivity index (χ4n) is 2.46. The van der Waals surface area contributed by atoms with Crippen molar-refractivity contribution in [1.29, 1.82) is 5.26 Å². The average molecular weight is 363 g/mol. The van der Waals surface area contributed by atoms with Crippen LogP contribution < -0.4 is 5.32 Å². The molecule has 27 heavy (non-hydrogen) atoms. The Morgan fingerprint density at radius 3 is 2.85 bits per heavy atom. The van der Waals surface area contributed by atoms with E-state index in [4.69, 9.17) is 14.4 Å². The molecule has 1 amide bonds. The van der Waals surface area contributed by atoms with Gasteiger partial charge in [0.25, 0.3) is 5.91 Å². The van der Waals surface area contributed by atoms with Gasteiger partial charge < -0.3 is 14.5 Å². The van der Waals surface area contributed by atoms with Gasteiger partial charge in [-0.1, -0.05) is 18.2 Å². The van der Waals surface area contributed by atoms with Crippen LogP contribution in [0.3, 0.4) is 0 Å². The van der Waals surface area contributed by atoms with Gasteiger partial charge in [0.2, 0.25) is 0 Å². The lowest BCUT2D eigenvalue weighted by Crippen LogP contribution is -2.30. The standard InChI is InChI=1S/C20H17N3O4/c1-13(20(25)22-15-6-4-5-14(11-15)12-21)26-19(24)10-9-18-23-16-7-2-3-8-17(16)27-18/h2-8,11,13H,9-10H2,1H3,(H,22,25)/t13-/m1/s1. The molecule has 0 saturated carbocycles. The monoisotopic (exact) mass is 363 g/mol. The number of aryl methyl sites for hydroxylation is 1. The van der Waals surface area contributed by atoms with Crippen LogP contribution in [0.25, 0.3) is 11.1 Å². The van der Waals surface area contributed by atoms with Crippen molar-refractivity contribution in [3.8, 4) is 6.07 Å². The molecule has 7 nitrogen and oxygen atoms in total. The van der Waals surface area contributed by atoms with E-state index in [-0.39, 0.29) is 12.8 Å². The normalized spacial score (nSPS) is 11.6. The lowest BCUT2D eigenvalue weighted by atomic mass is 10.2. The molecule has 1 aromatic heterocycles. The van der Waals surface area contributed by atoms with E-state index >= 15 is 0 Å². The van der Waals surface area contributed by atoms with E-state index in [0.29, 0.717) is 22.7 Å². The van der Waals surface area contributed by atoms with Crippen LogP contribution in [0.4, 0.5) is 5.69 Å². The summed E-state index contributed by atoms with van der Waals surface area (Å²) in [5.74, 6) is -0.551. The van der Waals surface area contributed by atoms with Gasteiger partial charge in [-0.15, -0.1) is 0 Å². The summed E-state index contributed by atoms with van der Waals surface area (Å²) in [6, 6.07) is 15.8. The van der Waals surface area contributed by atoms with Crippen molar-refractivity contribution in [3.63, 3.8) is 0 Å². The number of ether oxygens (including phenoxy) is 1. The number of hydrogen-bond donors (Lipinski definition) is 1. The van der Waals surface area contributed by atoms with E-state index < -0.39 is 18.0 Å². The highest BCUT2D eigenvalue weighted by Gasteiger charge is 2.18. The Kier molecular flexibility index (Phi) is 5.47. The first-order chi connectivity index (χ1) is 13.0. The van der Waals surface area contributed by atoms with E-state index in [1.165, 1.54) is 6.92 Å². The first kappa shape index (κ1) is 18.1. The zero-order valence-electron chi connectivity index (χ0n) is 14.6. The average Bonchev–Trinajstić information content (AvgIpc) is 3.09. The summed E-state index contributed by atoms with van der Waals surface area (Å²) < 4.78 is 10.7. The molecule has 0 radical (unpaired) electrons. The summed E-state index contributed by atoms with van der Waals surface area (Å²) >= 11 is 0. The number of rotatable bonds is 6. The minimum Gasteiger partial charge on any atom is -0.453 e. The highest BCUT2D eigenvalue weighted by Crippen LogP contribution is 2.16. The summed E-state index contributed by atoms with van der Waals surface area (Å²) in [5.41, 5.74) is 2.28. The van der Waals surface area contributed by atoms with Gasteiger partial charge in [0, 0.05) is 12.1 Å². The predicted molar refractivity (Wildman–Crippen MR) is 97.7 cm³/mol. The number of hydrogen-bond acceptors (Lipinski definition) is 6. The van der Waals surface area contributed by atoms with Crippen molar-refractivity contribution in [2.24, 2.45) is 0 Å². The van der Waals surface area contributed by atoms with Crippen LogP contribution in [0.1, 0.15) is 24.8 Å². The summed E-state index contributed by atoms with van der Waals surface area (Å²) in [6.07, 6.45) is -0.632. The van der Waals surface area contributed by atoms with Crippen LogP contribution in [-0.2, 0) is 20.7 Å². The number of esters is 1. The van der Waals surface area contributed by atoms with E-state index in [9.17, 15) is 9.59 Å². The fraction of sp³-hybridized carbons (Fsp3) is 0.200. The highest BCUT2D eigenvalue weighted by molar-refractivity contribution is 5.95. The van der Waals surface area contributed by atoms with Gasteiger partial charge in [0.15, 0.2) is 17.6 Å². The molecule has 3 rings (SSSR count). The van der Waals surface area contributed by atoms with Crippen molar-refractivity contribution in [2.45, 2.75) is 25.9 Å². The molecule has 0 saturated heterocycles. The smallest absolute Gasteiger partial charge is 0.307 e. The minimum atomic E-state index is -0.966. The Hall–Kier alpha value is -3.66. The third-order valence-corrected chi connectivity index (χ3v) is 3.82. The fourth-order valence-corrected chi connectivity index (χ4v) is 2.46. The molecule has 0 aliphatic rings. The molecule has 136 valence electrons. The Morgan fingerprint density at radius 2 is 2.07 bits per heavy atom. The molecule has 1 atom stereocenters. The number of oxazole rings is 1. The van der Waals surface area contributed by atoms with Gasteiger partial charge >= 0.3 is 5.97 Å². The molecule has 0 unspecified atom stereocenters. The topological polar surface area (TPSA) is 105 Å². The lowest BCUT2D eigenvalue weighted by Gasteiger charge is -2.13. The zero-order chi connectivity index (χ0) is 19.2. The Balaban J connectivity index is 1.50. The van der Waals surface area contributed by atoms with Crippen molar-refractivity contribution in [1.82, 2.24) is 4.98 Å². The minimum absolute atomic E-state index is 0.0500. The molecule has 0 spiro atoms. The molecular formula is C20H17N3O4. The number of nitrogens with one attached hydrogen (secondary N) is 1. The summed E-state index contributed by atoms with van der Waals surface area (Å²) in [6.45, 7) is 1.49. The molecule has 0 bridgehead atoms. The number of para-hydroxylation sites is 2. The van der Waals surface area contributed by atoms with Crippen molar-refractivity contribution in [2.75, 3.05) is 5.32 Å². The summed E-state index contributed by atoms with van der Waals surface area (Å²) in [5, 5.41) is 11.5. The molecule has 0 aliphatic carbocycles. The number of carbonyl (C=O) groups excluding carboxylic acids is 2. The number of benzene rings is 2. The Bertz CT molecular complexity index is 986. The van der Waals surface area contributed by atoms with Gasteiger partial charge in [-0.2, -0.15) is 5.26 Å². The second-order valence-corrected chi connectivity index (χ2v) is 5.89. The molecule has 0 aliphatic heterocycles.